The zero-order chi connectivity index (χ0) is 15.0. The van der Waals surface area contributed by atoms with Crippen LogP contribution in [0.1, 0.15) is 49.4 Å². The first-order chi connectivity index (χ1) is 9.54. The topological polar surface area (TPSA) is 63.6 Å². The van der Waals surface area contributed by atoms with E-state index in [2.05, 4.69) is 6.92 Å². The standard InChI is InChI=1S/C15H19FO4/c1-2-3-4-5-6-13(16)15(19)20-12-9-7-11(8-10-12)14(17)18/h7-10,13H,2-6H2,1H3,(H,17,18)/t13-/m0/s1. The summed E-state index contributed by atoms with van der Waals surface area (Å²) in [6, 6.07) is 5.29. The molecule has 0 aromatic heterocycles. The molecule has 0 aliphatic heterocycles. The van der Waals surface area contributed by atoms with Gasteiger partial charge in [0.05, 0.1) is 5.56 Å². The lowest BCUT2D eigenvalue weighted by molar-refractivity contribution is -0.140. The number of aromatic carboxylic acids is 1. The van der Waals surface area contributed by atoms with Gasteiger partial charge in [-0.3, -0.25) is 0 Å². The molecule has 5 heteroatoms. The maximum atomic E-state index is 13.5. The first-order valence-corrected chi connectivity index (χ1v) is 6.73. The molecule has 1 aromatic rings. The van der Waals surface area contributed by atoms with Gasteiger partial charge < -0.3 is 9.84 Å². The largest absolute Gasteiger partial charge is 0.478 e. The Balaban J connectivity index is 2.42. The molecule has 1 rings (SSSR count). The second-order valence-corrected chi connectivity index (χ2v) is 4.57. The number of esters is 1. The number of benzene rings is 1. The van der Waals surface area contributed by atoms with Crippen LogP contribution in [0.5, 0.6) is 5.75 Å². The molecule has 0 amide bonds. The van der Waals surface area contributed by atoms with E-state index in [4.69, 9.17) is 9.84 Å². The molecule has 0 radical (unpaired) electrons. The number of carboxylic acids is 1. The molecule has 0 bridgehead atoms. The highest BCUT2D eigenvalue weighted by Crippen LogP contribution is 2.15. The van der Waals surface area contributed by atoms with Crippen molar-refractivity contribution in [3.63, 3.8) is 0 Å². The summed E-state index contributed by atoms with van der Waals surface area (Å²) >= 11 is 0. The van der Waals surface area contributed by atoms with Crippen molar-refractivity contribution < 1.29 is 23.8 Å². The summed E-state index contributed by atoms with van der Waals surface area (Å²) in [4.78, 5) is 22.1. The van der Waals surface area contributed by atoms with Gasteiger partial charge in [-0.1, -0.05) is 26.2 Å². The van der Waals surface area contributed by atoms with Crippen molar-refractivity contribution in [3.8, 4) is 5.75 Å². The molecule has 0 aliphatic rings. The summed E-state index contributed by atoms with van der Waals surface area (Å²) in [5.41, 5.74) is 0.0844. The normalized spacial score (nSPS) is 11.9. The van der Waals surface area contributed by atoms with Crippen LogP contribution in [0, 0.1) is 0 Å². The van der Waals surface area contributed by atoms with Gasteiger partial charge in [0.15, 0.2) is 6.17 Å². The summed E-state index contributed by atoms with van der Waals surface area (Å²) in [6.07, 6.45) is 2.16. The second kappa shape index (κ2) is 8.30. The fourth-order valence-electron chi connectivity index (χ4n) is 1.71. The Morgan fingerprint density at radius 1 is 1.20 bits per heavy atom. The molecule has 20 heavy (non-hydrogen) atoms. The molecule has 110 valence electrons. The summed E-state index contributed by atoms with van der Waals surface area (Å²) in [6.45, 7) is 2.06. The van der Waals surface area contributed by atoms with Gasteiger partial charge in [0.1, 0.15) is 5.75 Å². The van der Waals surface area contributed by atoms with E-state index in [-0.39, 0.29) is 17.7 Å². The van der Waals surface area contributed by atoms with Gasteiger partial charge in [0.25, 0.3) is 0 Å². The molecule has 0 saturated carbocycles. The zero-order valence-electron chi connectivity index (χ0n) is 11.5. The van der Waals surface area contributed by atoms with Crippen LogP contribution < -0.4 is 4.74 Å². The van der Waals surface area contributed by atoms with E-state index in [0.717, 1.165) is 19.3 Å². The van der Waals surface area contributed by atoms with Crippen LogP contribution in [0.25, 0.3) is 0 Å². The number of rotatable bonds is 8. The third-order valence-corrected chi connectivity index (χ3v) is 2.89. The van der Waals surface area contributed by atoms with Crippen molar-refractivity contribution in [2.24, 2.45) is 0 Å². The molecule has 0 heterocycles. The van der Waals surface area contributed by atoms with E-state index in [1.54, 1.807) is 0 Å². The van der Waals surface area contributed by atoms with Gasteiger partial charge in [-0.2, -0.15) is 0 Å². The lowest BCUT2D eigenvalue weighted by Crippen LogP contribution is -2.21. The Bertz CT molecular complexity index is 442. The lowest BCUT2D eigenvalue weighted by Gasteiger charge is -2.08. The second-order valence-electron chi connectivity index (χ2n) is 4.57. The number of alkyl halides is 1. The fourth-order valence-corrected chi connectivity index (χ4v) is 1.71. The number of unbranched alkanes of at least 4 members (excludes halogenated alkanes) is 3. The Morgan fingerprint density at radius 2 is 1.85 bits per heavy atom. The molecule has 1 atom stereocenters. The molecule has 0 aliphatic carbocycles. The molecular weight excluding hydrogens is 263 g/mol. The summed E-state index contributed by atoms with van der Waals surface area (Å²) < 4.78 is 18.4. The minimum absolute atomic E-state index is 0.0844. The predicted octanol–water partition coefficient (Wildman–Crippen LogP) is 3.60. The van der Waals surface area contributed by atoms with E-state index in [1.807, 2.05) is 0 Å². The summed E-state index contributed by atoms with van der Waals surface area (Å²) in [5, 5.41) is 8.72. The van der Waals surface area contributed by atoms with Crippen LogP contribution in [0.3, 0.4) is 0 Å². The van der Waals surface area contributed by atoms with Gasteiger partial charge in [0.2, 0.25) is 0 Å². The number of ether oxygens (including phenoxy) is 1. The molecule has 0 saturated heterocycles. The van der Waals surface area contributed by atoms with E-state index in [1.165, 1.54) is 24.3 Å². The average Bonchev–Trinajstić information content (AvgIpc) is 2.44. The van der Waals surface area contributed by atoms with Crippen LogP contribution in [-0.2, 0) is 4.79 Å². The Hall–Kier alpha value is -1.91. The smallest absolute Gasteiger partial charge is 0.346 e. The summed E-state index contributed by atoms with van der Waals surface area (Å²) in [7, 11) is 0. The van der Waals surface area contributed by atoms with Crippen LogP contribution in [-0.4, -0.2) is 23.2 Å². The predicted molar refractivity (Wildman–Crippen MR) is 72.7 cm³/mol. The maximum absolute atomic E-state index is 13.5. The SMILES string of the molecule is CCCCCC[C@H](F)C(=O)Oc1ccc(C(=O)O)cc1. The van der Waals surface area contributed by atoms with Gasteiger partial charge >= 0.3 is 11.9 Å². The molecule has 1 aromatic carbocycles. The van der Waals surface area contributed by atoms with Gasteiger partial charge in [-0.25, -0.2) is 14.0 Å². The summed E-state index contributed by atoms with van der Waals surface area (Å²) in [5.74, 6) is -1.84. The van der Waals surface area contributed by atoms with Gasteiger partial charge in [0, 0.05) is 0 Å². The average molecular weight is 282 g/mol. The third-order valence-electron chi connectivity index (χ3n) is 2.89. The molecule has 0 spiro atoms. The maximum Gasteiger partial charge on any atom is 0.346 e. The molecule has 1 N–H and O–H groups in total. The Kier molecular flexibility index (Phi) is 6.70. The van der Waals surface area contributed by atoms with Crippen molar-refractivity contribution in [3.05, 3.63) is 29.8 Å². The van der Waals surface area contributed by atoms with E-state index < -0.39 is 18.1 Å². The quantitative estimate of drug-likeness (QED) is 0.449. The minimum Gasteiger partial charge on any atom is -0.478 e. The van der Waals surface area contributed by atoms with Crippen molar-refractivity contribution >= 4 is 11.9 Å². The number of hydrogen-bond donors (Lipinski definition) is 1. The first kappa shape index (κ1) is 16.1. The van der Waals surface area contributed by atoms with Crippen LogP contribution in [0.15, 0.2) is 24.3 Å². The Labute approximate surface area is 117 Å². The highest BCUT2D eigenvalue weighted by molar-refractivity contribution is 5.87. The third kappa shape index (κ3) is 5.38. The van der Waals surface area contributed by atoms with Crippen molar-refractivity contribution in [2.45, 2.75) is 45.2 Å². The molecule has 0 fully saturated rings. The number of carboxylic acid groups (broad SMARTS) is 1. The van der Waals surface area contributed by atoms with Crippen LogP contribution in [0.4, 0.5) is 4.39 Å². The van der Waals surface area contributed by atoms with Crippen molar-refractivity contribution in [2.75, 3.05) is 0 Å². The first-order valence-electron chi connectivity index (χ1n) is 6.73. The van der Waals surface area contributed by atoms with Crippen molar-refractivity contribution in [1.29, 1.82) is 0 Å². The van der Waals surface area contributed by atoms with Crippen molar-refractivity contribution in [1.82, 2.24) is 0 Å². The highest BCUT2D eigenvalue weighted by atomic mass is 19.1. The van der Waals surface area contributed by atoms with Gasteiger partial charge in [-0.15, -0.1) is 0 Å². The Morgan fingerprint density at radius 3 is 2.40 bits per heavy atom. The van der Waals surface area contributed by atoms with E-state index in [0.29, 0.717) is 6.42 Å². The van der Waals surface area contributed by atoms with Gasteiger partial charge in [-0.05, 0) is 37.1 Å². The monoisotopic (exact) mass is 282 g/mol. The number of hydrogen-bond acceptors (Lipinski definition) is 3. The molecular formula is C15H19FO4. The van der Waals surface area contributed by atoms with Crippen LogP contribution in [0.2, 0.25) is 0 Å². The minimum atomic E-state index is -1.63. The number of carbonyl (C=O) groups is 2. The number of halogens is 1. The van der Waals surface area contributed by atoms with Crippen LogP contribution >= 0.6 is 0 Å². The number of carbonyl (C=O) groups excluding carboxylic acids is 1. The zero-order valence-corrected chi connectivity index (χ0v) is 11.5. The lowest BCUT2D eigenvalue weighted by atomic mass is 10.1. The van der Waals surface area contributed by atoms with E-state index in [9.17, 15) is 14.0 Å². The van der Waals surface area contributed by atoms with E-state index >= 15 is 0 Å². The molecule has 4 nitrogen and oxygen atoms in total. The fraction of sp³-hybridized carbons (Fsp3) is 0.467. The highest BCUT2D eigenvalue weighted by Gasteiger charge is 2.19. The molecule has 0 unspecified atom stereocenters.